The third-order valence-corrected chi connectivity index (χ3v) is 5.69. The summed E-state index contributed by atoms with van der Waals surface area (Å²) in [7, 11) is -4.06. The van der Waals surface area contributed by atoms with Gasteiger partial charge in [0.1, 0.15) is 5.75 Å². The van der Waals surface area contributed by atoms with E-state index in [1.54, 1.807) is 6.92 Å². The molecule has 2 aliphatic heterocycles. The van der Waals surface area contributed by atoms with Crippen LogP contribution in [0.25, 0.3) is 0 Å². The number of rotatable bonds is 4. The monoisotopic (exact) mass is 404 g/mol. The maximum Gasteiger partial charge on any atom is 0.265 e. The van der Waals surface area contributed by atoms with Gasteiger partial charge in [-0.15, -0.1) is 0 Å². The second-order valence-electron chi connectivity index (χ2n) is 6.32. The maximum absolute atomic E-state index is 12.9. The number of ether oxygens (including phenoxy) is 3. The highest BCUT2D eigenvalue weighted by atomic mass is 32.2. The number of fused-ring (bicyclic) bond motifs is 2. The van der Waals surface area contributed by atoms with Crippen LogP contribution in [0, 0.1) is 0 Å². The Balaban J connectivity index is 1.70. The summed E-state index contributed by atoms with van der Waals surface area (Å²) in [5.74, 6) is 0.373. The van der Waals surface area contributed by atoms with Crippen LogP contribution in [0.15, 0.2) is 35.2 Å². The van der Waals surface area contributed by atoms with Gasteiger partial charge in [0.05, 0.1) is 16.3 Å². The van der Waals surface area contributed by atoms with E-state index in [0.717, 1.165) is 0 Å². The summed E-state index contributed by atoms with van der Waals surface area (Å²) in [6.45, 7) is 2.90. The molecular weight excluding hydrogens is 388 g/mol. The van der Waals surface area contributed by atoms with E-state index in [1.807, 2.05) is 0 Å². The summed E-state index contributed by atoms with van der Waals surface area (Å²) < 4.78 is 44.0. The molecule has 0 aliphatic carbocycles. The van der Waals surface area contributed by atoms with Crippen molar-refractivity contribution in [2.45, 2.75) is 24.8 Å². The predicted molar refractivity (Wildman–Crippen MR) is 98.5 cm³/mol. The topological polar surface area (TPSA) is 120 Å². The van der Waals surface area contributed by atoms with E-state index in [9.17, 15) is 18.0 Å². The molecule has 4 rings (SSSR count). The van der Waals surface area contributed by atoms with Gasteiger partial charge in [0.2, 0.25) is 6.79 Å². The number of sulfonamides is 1. The van der Waals surface area contributed by atoms with E-state index in [1.165, 1.54) is 37.3 Å². The Kier molecular flexibility index (Phi) is 4.15. The number of carbonyl (C=O) groups is 2. The molecule has 2 aromatic rings. The van der Waals surface area contributed by atoms with E-state index < -0.39 is 16.1 Å². The molecule has 2 aromatic carbocycles. The maximum atomic E-state index is 12.9. The average molecular weight is 404 g/mol. The highest BCUT2D eigenvalue weighted by Crippen LogP contribution is 2.38. The average Bonchev–Trinajstić information content (AvgIpc) is 3.08. The van der Waals surface area contributed by atoms with Gasteiger partial charge in [-0.25, -0.2) is 8.42 Å². The highest BCUT2D eigenvalue weighted by Gasteiger charge is 2.27. The molecule has 0 aromatic heterocycles. The van der Waals surface area contributed by atoms with Gasteiger partial charge in [0.25, 0.3) is 15.9 Å². The van der Waals surface area contributed by atoms with Crippen LogP contribution < -0.4 is 24.2 Å². The molecule has 1 atom stereocenters. The molecule has 146 valence electrons. The summed E-state index contributed by atoms with van der Waals surface area (Å²) in [4.78, 5) is 23.6. The van der Waals surface area contributed by atoms with Crippen molar-refractivity contribution in [2.24, 2.45) is 0 Å². The lowest BCUT2D eigenvalue weighted by Gasteiger charge is -2.23. The van der Waals surface area contributed by atoms with E-state index in [4.69, 9.17) is 14.2 Å². The minimum atomic E-state index is -4.06. The number of hydrogen-bond acceptors (Lipinski definition) is 7. The van der Waals surface area contributed by atoms with Crippen LogP contribution in [0.4, 0.5) is 11.4 Å². The quantitative estimate of drug-likeness (QED) is 0.749. The summed E-state index contributed by atoms with van der Waals surface area (Å²) >= 11 is 0. The molecule has 9 nitrogen and oxygen atoms in total. The molecule has 0 saturated heterocycles. The first-order valence-electron chi connectivity index (χ1n) is 8.33. The fraction of sp³-hybridized carbons (Fsp3) is 0.222. The molecule has 28 heavy (non-hydrogen) atoms. The van der Waals surface area contributed by atoms with Gasteiger partial charge < -0.3 is 19.5 Å². The summed E-state index contributed by atoms with van der Waals surface area (Å²) in [6, 6.07) is 6.95. The fourth-order valence-electron chi connectivity index (χ4n) is 2.88. The molecule has 2 heterocycles. The Morgan fingerprint density at radius 1 is 1.14 bits per heavy atom. The number of ketones is 1. The predicted octanol–water partition coefficient (Wildman–Crippen LogP) is 2.14. The molecule has 0 saturated carbocycles. The Morgan fingerprint density at radius 3 is 2.57 bits per heavy atom. The molecule has 2 aliphatic rings. The first-order valence-corrected chi connectivity index (χ1v) is 9.82. The Bertz CT molecular complexity index is 1110. The first-order chi connectivity index (χ1) is 13.2. The zero-order valence-corrected chi connectivity index (χ0v) is 15.8. The third kappa shape index (κ3) is 3.11. The second kappa shape index (κ2) is 6.41. The van der Waals surface area contributed by atoms with Crippen LogP contribution in [-0.2, 0) is 14.8 Å². The van der Waals surface area contributed by atoms with E-state index in [2.05, 4.69) is 10.0 Å². The number of amides is 1. The Labute approximate surface area is 160 Å². The van der Waals surface area contributed by atoms with Crippen LogP contribution in [0.1, 0.15) is 24.2 Å². The summed E-state index contributed by atoms with van der Waals surface area (Å²) in [5.41, 5.74) is 0.475. The number of anilines is 2. The number of Topliss-reactive ketones (excluding diaryl/α,β-unsaturated/α-hetero) is 1. The Morgan fingerprint density at radius 2 is 1.86 bits per heavy atom. The van der Waals surface area contributed by atoms with Gasteiger partial charge in [-0.3, -0.25) is 14.3 Å². The Hall–Kier alpha value is -3.27. The van der Waals surface area contributed by atoms with Crippen molar-refractivity contribution in [1.29, 1.82) is 0 Å². The van der Waals surface area contributed by atoms with Crippen molar-refractivity contribution >= 4 is 33.1 Å². The molecular formula is C18H16N2O7S. The van der Waals surface area contributed by atoms with Gasteiger partial charge in [-0.05, 0) is 38.1 Å². The van der Waals surface area contributed by atoms with Crippen LogP contribution in [0.3, 0.4) is 0 Å². The number of benzene rings is 2. The highest BCUT2D eigenvalue weighted by molar-refractivity contribution is 7.92. The van der Waals surface area contributed by atoms with E-state index >= 15 is 0 Å². The molecule has 0 fully saturated rings. The van der Waals surface area contributed by atoms with Crippen molar-refractivity contribution in [3.8, 4) is 17.2 Å². The van der Waals surface area contributed by atoms with Gasteiger partial charge in [-0.2, -0.15) is 0 Å². The van der Waals surface area contributed by atoms with Gasteiger partial charge >= 0.3 is 0 Å². The number of nitrogens with one attached hydrogen (secondary N) is 2. The third-order valence-electron chi connectivity index (χ3n) is 4.33. The zero-order valence-electron chi connectivity index (χ0n) is 14.9. The van der Waals surface area contributed by atoms with Crippen LogP contribution in [0.5, 0.6) is 17.2 Å². The minimum Gasteiger partial charge on any atom is -0.479 e. The van der Waals surface area contributed by atoms with Crippen molar-refractivity contribution in [3.05, 3.63) is 35.9 Å². The fourth-order valence-corrected chi connectivity index (χ4v) is 3.97. The number of hydrogen-bond donors (Lipinski definition) is 2. The smallest absolute Gasteiger partial charge is 0.265 e. The van der Waals surface area contributed by atoms with E-state index in [-0.39, 0.29) is 40.3 Å². The lowest BCUT2D eigenvalue weighted by Crippen LogP contribution is -2.34. The van der Waals surface area contributed by atoms with Crippen LogP contribution in [-0.4, -0.2) is 33.0 Å². The molecule has 0 radical (unpaired) electrons. The number of carbonyl (C=O) groups excluding carboxylic acids is 2. The van der Waals surface area contributed by atoms with Gasteiger partial charge in [0, 0.05) is 11.6 Å². The SMILES string of the molecule is CC(=O)c1cc2c(cc1NS(=O)(=O)c1ccc3c(c1)NC(=O)C(C)O3)OCO2. The van der Waals surface area contributed by atoms with Gasteiger partial charge in [-0.1, -0.05) is 0 Å². The normalized spacial score (nSPS) is 17.4. The second-order valence-corrected chi connectivity index (χ2v) is 8.00. The minimum absolute atomic E-state index is 0.00811. The van der Waals surface area contributed by atoms with Crippen molar-refractivity contribution in [3.63, 3.8) is 0 Å². The van der Waals surface area contributed by atoms with Crippen LogP contribution >= 0.6 is 0 Å². The lowest BCUT2D eigenvalue weighted by molar-refractivity contribution is -0.122. The van der Waals surface area contributed by atoms with Crippen LogP contribution in [0.2, 0.25) is 0 Å². The first kappa shape index (κ1) is 18.1. The van der Waals surface area contributed by atoms with E-state index in [0.29, 0.717) is 17.2 Å². The largest absolute Gasteiger partial charge is 0.479 e. The van der Waals surface area contributed by atoms with Gasteiger partial charge in [0.15, 0.2) is 23.4 Å². The molecule has 1 unspecified atom stereocenters. The molecule has 10 heteroatoms. The summed E-state index contributed by atoms with van der Waals surface area (Å²) in [5, 5.41) is 2.60. The van der Waals surface area contributed by atoms with Crippen molar-refractivity contribution in [1.82, 2.24) is 0 Å². The lowest BCUT2D eigenvalue weighted by atomic mass is 10.1. The standard InChI is InChI=1S/C18H16N2O7S/c1-9(21)12-6-16-17(26-8-25-16)7-13(12)20-28(23,24)11-3-4-15-14(5-11)19-18(22)10(2)27-15/h3-7,10,20H,8H2,1-2H3,(H,19,22). The zero-order chi connectivity index (χ0) is 20.1. The molecule has 1 amide bonds. The van der Waals surface area contributed by atoms with Crippen molar-refractivity contribution in [2.75, 3.05) is 16.8 Å². The molecule has 0 bridgehead atoms. The molecule has 2 N–H and O–H groups in total. The molecule has 0 spiro atoms. The summed E-state index contributed by atoms with van der Waals surface area (Å²) in [6.07, 6.45) is -0.667. The van der Waals surface area contributed by atoms with Crippen molar-refractivity contribution < 1.29 is 32.2 Å².